The first-order valence-electron chi connectivity index (χ1n) is 12.2. The molecule has 4 heterocycles. The summed E-state index contributed by atoms with van der Waals surface area (Å²) in [5.74, 6) is 0.519. The lowest BCUT2D eigenvalue weighted by molar-refractivity contribution is 0.122. The van der Waals surface area contributed by atoms with E-state index in [1.807, 2.05) is 43.5 Å². The molecule has 9 nitrogen and oxygen atoms in total. The van der Waals surface area contributed by atoms with Crippen LogP contribution in [0, 0.1) is 6.92 Å². The molecule has 3 aromatic heterocycles. The van der Waals surface area contributed by atoms with E-state index >= 15 is 0 Å². The Morgan fingerprint density at radius 3 is 2.51 bits per heavy atom. The first-order chi connectivity index (χ1) is 18.2. The molecule has 1 fully saturated rings. The van der Waals surface area contributed by atoms with Gasteiger partial charge in [0.25, 0.3) is 0 Å². The van der Waals surface area contributed by atoms with Crippen molar-refractivity contribution in [1.29, 1.82) is 0 Å². The van der Waals surface area contributed by atoms with Gasteiger partial charge in [-0.2, -0.15) is 0 Å². The highest BCUT2D eigenvalue weighted by molar-refractivity contribution is 5.70. The highest BCUT2D eigenvalue weighted by Crippen LogP contribution is 2.27. The van der Waals surface area contributed by atoms with Crippen LogP contribution in [0.2, 0.25) is 0 Å². The van der Waals surface area contributed by atoms with E-state index < -0.39 is 0 Å². The molecule has 0 aliphatic carbocycles. The first kappa shape index (κ1) is 22.8. The Labute approximate surface area is 214 Å². The van der Waals surface area contributed by atoms with Crippen molar-refractivity contribution in [2.75, 3.05) is 36.5 Å². The average molecular weight is 491 g/mol. The predicted molar refractivity (Wildman–Crippen MR) is 143 cm³/mol. The summed E-state index contributed by atoms with van der Waals surface area (Å²) in [7, 11) is 0. The Morgan fingerprint density at radius 1 is 0.865 bits per heavy atom. The molecule has 1 saturated heterocycles. The van der Waals surface area contributed by atoms with Crippen molar-refractivity contribution in [2.45, 2.75) is 6.92 Å². The fraction of sp³-hybridized carbons (Fsp3) is 0.179. The minimum Gasteiger partial charge on any atom is -0.378 e. The van der Waals surface area contributed by atoms with Crippen molar-refractivity contribution >= 4 is 17.3 Å². The van der Waals surface area contributed by atoms with Crippen LogP contribution in [0.4, 0.5) is 17.3 Å². The minimum atomic E-state index is 0.519. The molecule has 37 heavy (non-hydrogen) atoms. The number of hydrogen-bond acceptors (Lipinski definition) is 8. The summed E-state index contributed by atoms with van der Waals surface area (Å²) >= 11 is 0. The Morgan fingerprint density at radius 2 is 1.70 bits per heavy atom. The zero-order valence-corrected chi connectivity index (χ0v) is 20.5. The number of aromatic nitrogens is 6. The van der Waals surface area contributed by atoms with E-state index in [2.05, 4.69) is 65.8 Å². The van der Waals surface area contributed by atoms with Gasteiger partial charge in [0.2, 0.25) is 5.95 Å². The van der Waals surface area contributed by atoms with E-state index in [1.165, 1.54) is 5.69 Å². The Kier molecular flexibility index (Phi) is 6.26. The van der Waals surface area contributed by atoms with Gasteiger partial charge >= 0.3 is 0 Å². The quantitative estimate of drug-likeness (QED) is 0.367. The van der Waals surface area contributed by atoms with E-state index in [4.69, 9.17) is 4.74 Å². The lowest BCUT2D eigenvalue weighted by Crippen LogP contribution is -2.36. The second kappa shape index (κ2) is 10.2. The number of benzene rings is 2. The predicted octanol–water partition coefficient (Wildman–Crippen LogP) is 4.67. The molecule has 0 saturated carbocycles. The smallest absolute Gasteiger partial charge is 0.227 e. The molecule has 9 heteroatoms. The molecule has 0 radical (unpaired) electrons. The van der Waals surface area contributed by atoms with Gasteiger partial charge in [0.15, 0.2) is 0 Å². The van der Waals surface area contributed by atoms with Crippen molar-refractivity contribution in [3.63, 3.8) is 0 Å². The van der Waals surface area contributed by atoms with Gasteiger partial charge in [-0.05, 0) is 61.0 Å². The molecular formula is C28H26N8O. The van der Waals surface area contributed by atoms with E-state index in [1.54, 1.807) is 23.3 Å². The number of rotatable bonds is 6. The zero-order chi connectivity index (χ0) is 25.0. The second-order valence-corrected chi connectivity index (χ2v) is 8.83. The number of hydrogen-bond donors (Lipinski definition) is 1. The van der Waals surface area contributed by atoms with Gasteiger partial charge in [-0.25, -0.2) is 14.6 Å². The number of nitrogens with one attached hydrogen (secondary N) is 1. The standard InChI is InChI=1S/C28H26N8O/c1-20-4-5-21(17-26(20)32-28-30-12-10-25(31-28)22-3-2-11-29-18-22)27-19-36(34-33-27)24-8-6-23(7-9-24)35-13-15-37-16-14-35/h2-12,17-19H,13-16H2,1H3,(H,30,31,32). The van der Waals surface area contributed by atoms with Gasteiger partial charge in [0, 0.05) is 54.2 Å². The topological polar surface area (TPSA) is 93.9 Å². The molecule has 1 N–H and O–H groups in total. The third-order valence-electron chi connectivity index (χ3n) is 6.38. The van der Waals surface area contributed by atoms with Crippen LogP contribution >= 0.6 is 0 Å². The minimum absolute atomic E-state index is 0.519. The number of ether oxygens (including phenoxy) is 1. The van der Waals surface area contributed by atoms with Gasteiger partial charge in [0.05, 0.1) is 30.8 Å². The molecule has 0 atom stereocenters. The normalized spacial score (nSPS) is 13.5. The molecule has 0 spiro atoms. The molecule has 1 aliphatic heterocycles. The highest BCUT2D eigenvalue weighted by atomic mass is 16.5. The number of nitrogens with zero attached hydrogens (tertiary/aromatic N) is 7. The lowest BCUT2D eigenvalue weighted by atomic mass is 10.1. The maximum Gasteiger partial charge on any atom is 0.227 e. The Bertz CT molecular complexity index is 1490. The summed E-state index contributed by atoms with van der Waals surface area (Å²) in [5.41, 5.74) is 7.61. The molecule has 1 aliphatic rings. The second-order valence-electron chi connectivity index (χ2n) is 8.83. The molecule has 2 aromatic carbocycles. The third-order valence-corrected chi connectivity index (χ3v) is 6.38. The van der Waals surface area contributed by atoms with Gasteiger partial charge < -0.3 is 15.0 Å². The van der Waals surface area contributed by atoms with Crippen LogP contribution in [-0.2, 0) is 4.74 Å². The van der Waals surface area contributed by atoms with Gasteiger partial charge in [-0.15, -0.1) is 5.10 Å². The van der Waals surface area contributed by atoms with Crippen LogP contribution in [0.5, 0.6) is 0 Å². The van der Waals surface area contributed by atoms with Crippen molar-refractivity contribution in [3.05, 3.63) is 91.0 Å². The number of aryl methyl sites for hydroxylation is 1. The zero-order valence-electron chi connectivity index (χ0n) is 20.5. The van der Waals surface area contributed by atoms with Crippen molar-refractivity contribution in [3.8, 4) is 28.2 Å². The van der Waals surface area contributed by atoms with Crippen LogP contribution in [-0.4, -0.2) is 56.2 Å². The van der Waals surface area contributed by atoms with Crippen LogP contribution in [0.3, 0.4) is 0 Å². The van der Waals surface area contributed by atoms with E-state index in [9.17, 15) is 0 Å². The summed E-state index contributed by atoms with van der Waals surface area (Å²) in [6.07, 6.45) is 7.22. The van der Waals surface area contributed by atoms with Crippen LogP contribution in [0.1, 0.15) is 5.56 Å². The fourth-order valence-electron chi connectivity index (χ4n) is 4.29. The molecule has 0 amide bonds. The Hall–Kier alpha value is -4.63. The molecular weight excluding hydrogens is 464 g/mol. The molecule has 184 valence electrons. The number of morpholine rings is 1. The largest absolute Gasteiger partial charge is 0.378 e. The van der Waals surface area contributed by atoms with Crippen molar-refractivity contribution in [2.24, 2.45) is 0 Å². The molecule has 5 aromatic rings. The monoisotopic (exact) mass is 490 g/mol. The summed E-state index contributed by atoms with van der Waals surface area (Å²) < 4.78 is 7.25. The lowest BCUT2D eigenvalue weighted by Gasteiger charge is -2.28. The number of pyridine rings is 1. The highest BCUT2D eigenvalue weighted by Gasteiger charge is 2.13. The summed E-state index contributed by atoms with van der Waals surface area (Å²) in [5, 5.41) is 12.2. The average Bonchev–Trinajstić information content (AvgIpc) is 3.46. The number of anilines is 3. The van der Waals surface area contributed by atoms with Crippen LogP contribution < -0.4 is 10.2 Å². The van der Waals surface area contributed by atoms with Crippen molar-refractivity contribution in [1.82, 2.24) is 29.9 Å². The molecule has 6 rings (SSSR count). The van der Waals surface area contributed by atoms with E-state index in [-0.39, 0.29) is 0 Å². The van der Waals surface area contributed by atoms with Gasteiger partial charge in [0.1, 0.15) is 5.69 Å². The SMILES string of the molecule is Cc1ccc(-c2cn(-c3ccc(N4CCOCC4)cc3)nn2)cc1Nc1nccc(-c2cccnc2)n1. The van der Waals surface area contributed by atoms with Gasteiger partial charge in [-0.1, -0.05) is 17.3 Å². The maximum atomic E-state index is 5.45. The van der Waals surface area contributed by atoms with E-state index in [0.717, 1.165) is 65.8 Å². The first-order valence-corrected chi connectivity index (χ1v) is 12.2. The summed E-state index contributed by atoms with van der Waals surface area (Å²) in [6, 6.07) is 20.3. The van der Waals surface area contributed by atoms with Crippen LogP contribution in [0.15, 0.2) is 85.5 Å². The molecule has 0 bridgehead atoms. The Balaban J connectivity index is 1.21. The van der Waals surface area contributed by atoms with Gasteiger partial charge in [-0.3, -0.25) is 4.98 Å². The van der Waals surface area contributed by atoms with Crippen LogP contribution in [0.25, 0.3) is 28.2 Å². The maximum absolute atomic E-state index is 5.45. The molecule has 0 unspecified atom stereocenters. The van der Waals surface area contributed by atoms with Crippen molar-refractivity contribution < 1.29 is 4.74 Å². The third kappa shape index (κ3) is 5.03. The van der Waals surface area contributed by atoms with E-state index in [0.29, 0.717) is 5.95 Å². The summed E-state index contributed by atoms with van der Waals surface area (Å²) in [4.78, 5) is 15.6. The fourth-order valence-corrected chi connectivity index (χ4v) is 4.29. The summed E-state index contributed by atoms with van der Waals surface area (Å²) in [6.45, 7) is 5.40.